The third-order valence-corrected chi connectivity index (χ3v) is 2.62. The van der Waals surface area contributed by atoms with Gasteiger partial charge in [-0.05, 0) is 24.1 Å². The molecule has 0 saturated carbocycles. The molecule has 0 atom stereocenters. The van der Waals surface area contributed by atoms with Gasteiger partial charge in [-0.3, -0.25) is 0 Å². The molecule has 1 aromatic carbocycles. The maximum Gasteiger partial charge on any atom is 0.419 e. The van der Waals surface area contributed by atoms with Crippen molar-refractivity contribution >= 4 is 0 Å². The van der Waals surface area contributed by atoms with Crippen LogP contribution in [0.5, 0.6) is 0 Å². The molecule has 0 aliphatic heterocycles. The number of aryl methyl sites for hydroxylation is 1. The summed E-state index contributed by atoms with van der Waals surface area (Å²) < 4.78 is 38.6. The quantitative estimate of drug-likeness (QED) is 0.813. The van der Waals surface area contributed by atoms with E-state index in [-0.39, 0.29) is 0 Å². The minimum absolute atomic E-state index is 0.649. The van der Waals surface area contributed by atoms with Gasteiger partial charge in [-0.1, -0.05) is 25.5 Å². The Labute approximate surface area is 103 Å². The van der Waals surface area contributed by atoms with Crippen molar-refractivity contribution in [1.29, 1.82) is 0 Å². The third kappa shape index (κ3) is 2.72. The van der Waals surface area contributed by atoms with Crippen LogP contribution in [0.1, 0.15) is 24.5 Å². The van der Waals surface area contributed by atoms with Crippen LogP contribution in [0, 0.1) is 0 Å². The summed E-state index contributed by atoms with van der Waals surface area (Å²) in [7, 11) is 0. The van der Waals surface area contributed by atoms with E-state index in [4.69, 9.17) is 0 Å². The number of hydrogen-bond acceptors (Lipinski definition) is 1. The topological polar surface area (TPSA) is 17.8 Å². The zero-order valence-corrected chi connectivity index (χ0v) is 9.91. The average Bonchev–Trinajstić information content (AvgIpc) is 2.78. The summed E-state index contributed by atoms with van der Waals surface area (Å²) >= 11 is 0. The van der Waals surface area contributed by atoms with E-state index in [1.165, 1.54) is 4.68 Å². The Bertz CT molecular complexity index is 529. The molecule has 2 aromatic rings. The van der Waals surface area contributed by atoms with Gasteiger partial charge in [0.15, 0.2) is 0 Å². The number of nitrogens with zero attached hydrogens (tertiary/aromatic N) is 2. The predicted octanol–water partition coefficient (Wildman–Crippen LogP) is 3.84. The smallest absolute Gasteiger partial charge is 0.240 e. The molecule has 18 heavy (non-hydrogen) atoms. The van der Waals surface area contributed by atoms with E-state index in [2.05, 4.69) is 12.0 Å². The second kappa shape index (κ2) is 4.84. The van der Waals surface area contributed by atoms with Crippen LogP contribution in [0.15, 0.2) is 36.7 Å². The number of aromatic nitrogens is 2. The molecule has 5 heteroatoms. The second-order valence-corrected chi connectivity index (χ2v) is 4.09. The lowest BCUT2D eigenvalue weighted by molar-refractivity contribution is -0.137. The summed E-state index contributed by atoms with van der Waals surface area (Å²) in [5.74, 6) is 0. The van der Waals surface area contributed by atoms with E-state index >= 15 is 0 Å². The number of benzene rings is 1. The maximum atomic E-state index is 12.5. The highest BCUT2D eigenvalue weighted by Gasteiger charge is 2.32. The van der Waals surface area contributed by atoms with Gasteiger partial charge in [0.25, 0.3) is 0 Å². The molecule has 0 unspecified atom stereocenters. The second-order valence-electron chi connectivity index (χ2n) is 4.09. The first-order valence-corrected chi connectivity index (χ1v) is 5.72. The molecule has 0 N–H and O–H groups in total. The van der Waals surface area contributed by atoms with Crippen molar-refractivity contribution in [2.24, 2.45) is 0 Å². The molecule has 0 saturated heterocycles. The molecule has 96 valence electrons. The van der Waals surface area contributed by atoms with Gasteiger partial charge in [-0.15, -0.1) is 0 Å². The van der Waals surface area contributed by atoms with Crippen LogP contribution in [-0.4, -0.2) is 9.78 Å². The standard InChI is InChI=1S/C13H13F3N2/c1-2-4-10-5-3-6-12(7-10)18-9-11(8-17-18)13(14,15)16/h3,5-9H,2,4H2,1H3. The highest BCUT2D eigenvalue weighted by Crippen LogP contribution is 2.29. The molecule has 0 spiro atoms. The number of alkyl halides is 3. The monoisotopic (exact) mass is 254 g/mol. The first kappa shape index (κ1) is 12.7. The summed E-state index contributed by atoms with van der Waals surface area (Å²) in [6.07, 6.45) is -0.603. The van der Waals surface area contributed by atoms with Gasteiger partial charge in [0.05, 0.1) is 17.4 Å². The first-order valence-electron chi connectivity index (χ1n) is 5.72. The highest BCUT2D eigenvalue weighted by molar-refractivity contribution is 5.36. The largest absolute Gasteiger partial charge is 0.419 e. The average molecular weight is 254 g/mol. The molecule has 0 amide bonds. The van der Waals surface area contributed by atoms with Crippen LogP contribution in [0.25, 0.3) is 5.69 Å². The lowest BCUT2D eigenvalue weighted by Crippen LogP contribution is -2.03. The minimum atomic E-state index is -4.35. The molecule has 0 fully saturated rings. The fraction of sp³-hybridized carbons (Fsp3) is 0.308. The van der Waals surface area contributed by atoms with Crippen molar-refractivity contribution in [2.45, 2.75) is 25.9 Å². The lowest BCUT2D eigenvalue weighted by Gasteiger charge is -2.04. The van der Waals surface area contributed by atoms with E-state index in [0.29, 0.717) is 5.69 Å². The van der Waals surface area contributed by atoms with E-state index in [9.17, 15) is 13.2 Å². The third-order valence-electron chi connectivity index (χ3n) is 2.62. The Balaban J connectivity index is 2.31. The van der Waals surface area contributed by atoms with Crippen molar-refractivity contribution in [1.82, 2.24) is 9.78 Å². The fourth-order valence-electron chi connectivity index (χ4n) is 1.75. The van der Waals surface area contributed by atoms with Gasteiger partial charge < -0.3 is 0 Å². The minimum Gasteiger partial charge on any atom is -0.240 e. The summed E-state index contributed by atoms with van der Waals surface area (Å²) in [5.41, 5.74) is 1.01. The molecular weight excluding hydrogens is 241 g/mol. The van der Waals surface area contributed by atoms with Crippen LogP contribution in [0.2, 0.25) is 0 Å². The van der Waals surface area contributed by atoms with Crippen molar-refractivity contribution in [3.63, 3.8) is 0 Å². The molecule has 0 radical (unpaired) electrons. The maximum absolute atomic E-state index is 12.5. The van der Waals surface area contributed by atoms with E-state index in [1.54, 1.807) is 6.07 Å². The molecule has 2 rings (SSSR count). The van der Waals surface area contributed by atoms with Gasteiger partial charge in [0.1, 0.15) is 0 Å². The van der Waals surface area contributed by atoms with Crippen LogP contribution in [-0.2, 0) is 12.6 Å². The van der Waals surface area contributed by atoms with Gasteiger partial charge >= 0.3 is 6.18 Å². The Morgan fingerprint density at radius 1 is 1.28 bits per heavy atom. The van der Waals surface area contributed by atoms with Crippen molar-refractivity contribution < 1.29 is 13.2 Å². The van der Waals surface area contributed by atoms with Crippen LogP contribution < -0.4 is 0 Å². The van der Waals surface area contributed by atoms with E-state index in [1.807, 2.05) is 18.2 Å². The van der Waals surface area contributed by atoms with Crippen molar-refractivity contribution in [2.75, 3.05) is 0 Å². The summed E-state index contributed by atoms with van der Waals surface area (Å²) in [6.45, 7) is 2.06. The molecule has 2 nitrogen and oxygen atoms in total. The Morgan fingerprint density at radius 2 is 2.06 bits per heavy atom. The Hall–Kier alpha value is -1.78. The van der Waals surface area contributed by atoms with Gasteiger partial charge in [-0.25, -0.2) is 4.68 Å². The molecule has 0 aliphatic carbocycles. The molecular formula is C13H13F3N2. The zero-order valence-electron chi connectivity index (χ0n) is 9.91. The van der Waals surface area contributed by atoms with Crippen molar-refractivity contribution in [3.05, 3.63) is 47.8 Å². The predicted molar refractivity (Wildman–Crippen MR) is 62.6 cm³/mol. The van der Waals surface area contributed by atoms with Gasteiger partial charge in [-0.2, -0.15) is 18.3 Å². The summed E-state index contributed by atoms with van der Waals surface area (Å²) in [5, 5.41) is 3.75. The fourth-order valence-corrected chi connectivity index (χ4v) is 1.75. The van der Waals surface area contributed by atoms with Crippen molar-refractivity contribution in [3.8, 4) is 5.69 Å². The van der Waals surface area contributed by atoms with Crippen LogP contribution in [0.4, 0.5) is 13.2 Å². The normalized spacial score (nSPS) is 11.8. The summed E-state index contributed by atoms with van der Waals surface area (Å²) in [4.78, 5) is 0. The number of halogens is 3. The Kier molecular flexibility index (Phi) is 3.41. The Morgan fingerprint density at radius 3 is 2.67 bits per heavy atom. The van der Waals surface area contributed by atoms with E-state index < -0.39 is 11.7 Å². The van der Waals surface area contributed by atoms with Gasteiger partial charge in [0.2, 0.25) is 0 Å². The van der Waals surface area contributed by atoms with Crippen LogP contribution in [0.3, 0.4) is 0 Å². The molecule has 0 bridgehead atoms. The first-order chi connectivity index (χ1) is 8.50. The molecule has 0 aliphatic rings. The van der Waals surface area contributed by atoms with Crippen LogP contribution >= 0.6 is 0 Å². The highest BCUT2D eigenvalue weighted by atomic mass is 19.4. The number of hydrogen-bond donors (Lipinski definition) is 0. The lowest BCUT2D eigenvalue weighted by atomic mass is 10.1. The summed E-state index contributed by atoms with van der Waals surface area (Å²) in [6, 6.07) is 7.39. The SMILES string of the molecule is CCCc1cccc(-n2cc(C(F)(F)F)cn2)c1. The zero-order chi connectivity index (χ0) is 13.2. The van der Waals surface area contributed by atoms with E-state index in [0.717, 1.165) is 30.8 Å². The molecule has 1 aromatic heterocycles. The molecule has 1 heterocycles. The van der Waals surface area contributed by atoms with Gasteiger partial charge in [0, 0.05) is 6.20 Å². The number of rotatable bonds is 3.